The Labute approximate surface area is 162 Å². The highest BCUT2D eigenvalue weighted by Gasteiger charge is 2.33. The van der Waals surface area contributed by atoms with E-state index in [0.717, 1.165) is 4.47 Å². The molecule has 0 spiro atoms. The standard InChI is InChI=1S/C18H13BrClN3O3/c1-2-7-23-14-5-3-10(19)8-12(14)16(18(23)26)21-22-17(25)13-9-11(20)4-6-15(13)24/h2-6,8-9,24H,1,7H2,(H,22,25)/b21-16-. The van der Waals surface area contributed by atoms with E-state index in [2.05, 4.69) is 33.0 Å². The number of hydrogen-bond donors (Lipinski definition) is 2. The average molecular weight is 435 g/mol. The second-order valence-electron chi connectivity index (χ2n) is 5.43. The van der Waals surface area contributed by atoms with E-state index in [9.17, 15) is 14.7 Å². The Bertz CT molecular complexity index is 959. The van der Waals surface area contributed by atoms with Gasteiger partial charge in [0.05, 0.1) is 11.3 Å². The molecule has 0 aliphatic carbocycles. The second-order valence-corrected chi connectivity index (χ2v) is 6.78. The van der Waals surface area contributed by atoms with Crippen molar-refractivity contribution in [2.24, 2.45) is 5.10 Å². The predicted octanol–water partition coefficient (Wildman–Crippen LogP) is 3.47. The molecule has 1 aliphatic rings. The number of phenolic OH excluding ortho intramolecular Hbond substituents is 1. The summed E-state index contributed by atoms with van der Waals surface area (Å²) in [6, 6.07) is 9.43. The summed E-state index contributed by atoms with van der Waals surface area (Å²) in [5, 5.41) is 14.1. The molecular formula is C18H13BrClN3O3. The molecule has 0 fully saturated rings. The number of anilines is 1. The summed E-state index contributed by atoms with van der Waals surface area (Å²) < 4.78 is 0.774. The Morgan fingerprint density at radius 3 is 2.85 bits per heavy atom. The fraction of sp³-hybridized carbons (Fsp3) is 0.0556. The van der Waals surface area contributed by atoms with Gasteiger partial charge in [-0.2, -0.15) is 5.10 Å². The van der Waals surface area contributed by atoms with Crippen LogP contribution in [0.4, 0.5) is 5.69 Å². The van der Waals surface area contributed by atoms with Crippen LogP contribution in [0.1, 0.15) is 15.9 Å². The number of hydrogen-bond acceptors (Lipinski definition) is 4. The molecule has 0 aromatic heterocycles. The van der Waals surface area contributed by atoms with Gasteiger partial charge in [0.15, 0.2) is 5.71 Å². The summed E-state index contributed by atoms with van der Waals surface area (Å²) in [6.07, 6.45) is 1.61. The lowest BCUT2D eigenvalue weighted by Crippen LogP contribution is -2.31. The largest absolute Gasteiger partial charge is 0.507 e. The smallest absolute Gasteiger partial charge is 0.279 e. The number of carbonyl (C=O) groups is 2. The Morgan fingerprint density at radius 1 is 1.35 bits per heavy atom. The summed E-state index contributed by atoms with van der Waals surface area (Å²) in [6.45, 7) is 3.97. The lowest BCUT2D eigenvalue weighted by Gasteiger charge is -2.13. The van der Waals surface area contributed by atoms with E-state index in [1.807, 2.05) is 6.07 Å². The summed E-state index contributed by atoms with van der Waals surface area (Å²) >= 11 is 9.21. The van der Waals surface area contributed by atoms with Crippen LogP contribution in [0.25, 0.3) is 0 Å². The van der Waals surface area contributed by atoms with Crippen molar-refractivity contribution in [3.05, 3.63) is 69.7 Å². The van der Waals surface area contributed by atoms with Gasteiger partial charge in [-0.15, -0.1) is 6.58 Å². The first-order valence-corrected chi connectivity index (χ1v) is 8.68. The zero-order chi connectivity index (χ0) is 18.8. The molecule has 0 unspecified atom stereocenters. The minimum Gasteiger partial charge on any atom is -0.507 e. The van der Waals surface area contributed by atoms with Gasteiger partial charge >= 0.3 is 0 Å². The normalized spacial score (nSPS) is 14.5. The van der Waals surface area contributed by atoms with Gasteiger partial charge in [-0.1, -0.05) is 33.6 Å². The lowest BCUT2D eigenvalue weighted by molar-refractivity contribution is -0.112. The maximum atomic E-state index is 12.6. The fourth-order valence-electron chi connectivity index (χ4n) is 2.56. The van der Waals surface area contributed by atoms with E-state index in [0.29, 0.717) is 22.8 Å². The molecule has 6 nitrogen and oxygen atoms in total. The number of halogens is 2. The lowest BCUT2D eigenvalue weighted by atomic mass is 10.1. The monoisotopic (exact) mass is 433 g/mol. The molecule has 1 heterocycles. The Balaban J connectivity index is 1.94. The number of amides is 2. The van der Waals surface area contributed by atoms with Gasteiger partial charge < -0.3 is 10.0 Å². The number of fused-ring (bicyclic) bond motifs is 1. The van der Waals surface area contributed by atoms with Crippen molar-refractivity contribution in [3.63, 3.8) is 0 Å². The van der Waals surface area contributed by atoms with Crippen molar-refractivity contribution in [1.29, 1.82) is 0 Å². The second kappa shape index (κ2) is 7.31. The zero-order valence-corrected chi connectivity index (χ0v) is 15.7. The van der Waals surface area contributed by atoms with Crippen LogP contribution in [0.15, 0.2) is 58.6 Å². The first-order chi connectivity index (χ1) is 12.4. The van der Waals surface area contributed by atoms with Crippen LogP contribution in [0.2, 0.25) is 5.02 Å². The third kappa shape index (κ3) is 3.36. The minimum absolute atomic E-state index is 0.0373. The first-order valence-electron chi connectivity index (χ1n) is 7.51. The molecule has 0 radical (unpaired) electrons. The molecule has 2 aromatic rings. The number of phenols is 1. The third-order valence-electron chi connectivity index (χ3n) is 3.74. The van der Waals surface area contributed by atoms with E-state index in [-0.39, 0.29) is 22.9 Å². The van der Waals surface area contributed by atoms with Gasteiger partial charge in [0.25, 0.3) is 11.8 Å². The maximum absolute atomic E-state index is 12.6. The molecule has 2 aromatic carbocycles. The molecule has 132 valence electrons. The van der Waals surface area contributed by atoms with Crippen LogP contribution in [0, 0.1) is 0 Å². The van der Waals surface area contributed by atoms with Crippen molar-refractivity contribution in [2.45, 2.75) is 0 Å². The van der Waals surface area contributed by atoms with E-state index in [4.69, 9.17) is 11.6 Å². The van der Waals surface area contributed by atoms with E-state index in [1.54, 1.807) is 18.2 Å². The molecule has 2 amide bonds. The van der Waals surface area contributed by atoms with Crippen molar-refractivity contribution in [1.82, 2.24) is 5.43 Å². The Morgan fingerprint density at radius 2 is 2.12 bits per heavy atom. The topological polar surface area (TPSA) is 82.0 Å². The molecule has 3 rings (SSSR count). The predicted molar refractivity (Wildman–Crippen MR) is 104 cm³/mol. The van der Waals surface area contributed by atoms with E-state index >= 15 is 0 Å². The van der Waals surface area contributed by atoms with Crippen molar-refractivity contribution in [2.75, 3.05) is 11.4 Å². The molecule has 0 atom stereocenters. The van der Waals surface area contributed by atoms with Crippen LogP contribution in [0.5, 0.6) is 5.75 Å². The zero-order valence-electron chi connectivity index (χ0n) is 13.4. The van der Waals surface area contributed by atoms with E-state index in [1.165, 1.54) is 23.1 Å². The molecule has 0 saturated carbocycles. The SMILES string of the molecule is C=CCN1C(=O)/C(=N\NC(=O)c2cc(Cl)ccc2O)c2cc(Br)ccc21. The number of nitrogens with zero attached hydrogens (tertiary/aromatic N) is 2. The minimum atomic E-state index is -0.677. The van der Waals surface area contributed by atoms with Gasteiger partial charge in [-0.3, -0.25) is 9.59 Å². The first kappa shape index (κ1) is 18.2. The number of benzene rings is 2. The van der Waals surface area contributed by atoms with Crippen molar-refractivity contribution in [3.8, 4) is 5.75 Å². The highest BCUT2D eigenvalue weighted by molar-refractivity contribution is 9.10. The summed E-state index contributed by atoms with van der Waals surface area (Å²) in [7, 11) is 0. The number of aromatic hydroxyl groups is 1. The summed E-state index contributed by atoms with van der Waals surface area (Å²) in [4.78, 5) is 26.4. The van der Waals surface area contributed by atoms with Crippen LogP contribution in [-0.4, -0.2) is 29.2 Å². The molecule has 0 saturated heterocycles. The van der Waals surface area contributed by atoms with Gasteiger partial charge in [0, 0.05) is 21.6 Å². The quantitative estimate of drug-likeness (QED) is 0.571. The van der Waals surface area contributed by atoms with Crippen LogP contribution in [-0.2, 0) is 4.79 Å². The van der Waals surface area contributed by atoms with Crippen molar-refractivity contribution < 1.29 is 14.7 Å². The van der Waals surface area contributed by atoms with Crippen LogP contribution < -0.4 is 10.3 Å². The molecule has 2 N–H and O–H groups in total. The van der Waals surface area contributed by atoms with Gasteiger partial charge in [-0.05, 0) is 36.4 Å². The fourth-order valence-corrected chi connectivity index (χ4v) is 3.09. The third-order valence-corrected chi connectivity index (χ3v) is 4.46. The Hall–Kier alpha value is -2.64. The van der Waals surface area contributed by atoms with Crippen molar-refractivity contribution >= 4 is 50.7 Å². The number of hydrazone groups is 1. The van der Waals surface area contributed by atoms with Crippen LogP contribution >= 0.6 is 27.5 Å². The number of nitrogens with one attached hydrogen (secondary N) is 1. The summed E-state index contributed by atoms with van der Waals surface area (Å²) in [5.74, 6) is -1.26. The molecule has 0 bridgehead atoms. The average Bonchev–Trinajstić information content (AvgIpc) is 2.86. The highest BCUT2D eigenvalue weighted by atomic mass is 79.9. The van der Waals surface area contributed by atoms with Crippen LogP contribution in [0.3, 0.4) is 0 Å². The Kier molecular flexibility index (Phi) is 5.11. The number of rotatable bonds is 4. The van der Waals surface area contributed by atoms with Gasteiger partial charge in [-0.25, -0.2) is 5.43 Å². The van der Waals surface area contributed by atoms with Gasteiger partial charge in [0.2, 0.25) is 0 Å². The maximum Gasteiger partial charge on any atom is 0.279 e. The molecular weight excluding hydrogens is 422 g/mol. The molecule has 8 heteroatoms. The highest BCUT2D eigenvalue weighted by Crippen LogP contribution is 2.31. The molecule has 26 heavy (non-hydrogen) atoms. The number of carbonyl (C=O) groups excluding carboxylic acids is 2. The van der Waals surface area contributed by atoms with Gasteiger partial charge in [0.1, 0.15) is 5.75 Å². The summed E-state index contributed by atoms with van der Waals surface area (Å²) in [5.41, 5.74) is 3.62. The molecule has 1 aliphatic heterocycles. The van der Waals surface area contributed by atoms with E-state index < -0.39 is 5.91 Å².